The second-order valence-corrected chi connectivity index (χ2v) is 6.65. The topological polar surface area (TPSA) is 84.0 Å². The minimum Gasteiger partial charge on any atom is -0.369 e. The fraction of sp³-hybridized carbons (Fsp3) is 0.273. The van der Waals surface area contributed by atoms with Crippen molar-refractivity contribution in [3.63, 3.8) is 0 Å². The van der Waals surface area contributed by atoms with Gasteiger partial charge in [0.25, 0.3) is 10.0 Å². The van der Waals surface area contributed by atoms with Crippen LogP contribution in [0.5, 0.6) is 0 Å². The molecule has 102 valence electrons. The number of hydrogen-bond donors (Lipinski definition) is 2. The highest BCUT2D eigenvalue weighted by molar-refractivity contribution is 7.93. The van der Waals surface area contributed by atoms with Crippen LogP contribution in [-0.4, -0.2) is 24.9 Å². The molecule has 19 heavy (non-hydrogen) atoms. The van der Waals surface area contributed by atoms with Crippen LogP contribution in [0.1, 0.15) is 11.8 Å². The predicted octanol–water partition coefficient (Wildman–Crippen LogP) is 2.08. The molecule has 0 aliphatic rings. The van der Waals surface area contributed by atoms with Gasteiger partial charge in [-0.3, -0.25) is 4.72 Å². The number of sulfonamides is 1. The molecule has 2 rings (SSSR count). The van der Waals surface area contributed by atoms with E-state index in [1.54, 1.807) is 18.5 Å². The van der Waals surface area contributed by atoms with Crippen LogP contribution in [-0.2, 0) is 10.0 Å². The molecule has 0 aliphatic carbocycles. The Labute approximate surface area is 116 Å². The van der Waals surface area contributed by atoms with E-state index in [9.17, 15) is 8.42 Å². The van der Waals surface area contributed by atoms with Gasteiger partial charge in [-0.05, 0) is 26.0 Å². The van der Waals surface area contributed by atoms with E-state index >= 15 is 0 Å². The van der Waals surface area contributed by atoms with Crippen molar-refractivity contribution in [2.75, 3.05) is 16.6 Å². The zero-order chi connectivity index (χ0) is 13.9. The number of anilines is 2. The smallest absolute Gasteiger partial charge is 0.267 e. The summed E-state index contributed by atoms with van der Waals surface area (Å²) in [5.41, 5.74) is 0. The van der Waals surface area contributed by atoms with Crippen molar-refractivity contribution in [3.8, 4) is 0 Å². The molecule has 0 atom stereocenters. The molecule has 0 spiro atoms. The molecule has 2 N–H and O–H groups in total. The van der Waals surface area contributed by atoms with Gasteiger partial charge in [0.1, 0.15) is 10.7 Å². The van der Waals surface area contributed by atoms with Gasteiger partial charge in [0.2, 0.25) is 0 Å². The number of rotatable bonds is 5. The van der Waals surface area contributed by atoms with Crippen LogP contribution in [0.15, 0.2) is 29.4 Å². The summed E-state index contributed by atoms with van der Waals surface area (Å²) in [6.07, 6.45) is 3.17. The second-order valence-electron chi connectivity index (χ2n) is 3.76. The average Bonchev–Trinajstić information content (AvgIpc) is 2.75. The van der Waals surface area contributed by atoms with Gasteiger partial charge in [-0.15, -0.1) is 11.3 Å². The molecule has 0 bridgehead atoms. The Bertz CT molecular complexity index is 667. The van der Waals surface area contributed by atoms with Crippen molar-refractivity contribution < 1.29 is 8.42 Å². The van der Waals surface area contributed by atoms with Crippen LogP contribution in [0.2, 0.25) is 0 Å². The summed E-state index contributed by atoms with van der Waals surface area (Å²) in [6, 6.07) is 3.09. The first-order chi connectivity index (χ1) is 9.03. The first kappa shape index (κ1) is 13.8. The summed E-state index contributed by atoms with van der Waals surface area (Å²) in [5.74, 6) is 0.339. The summed E-state index contributed by atoms with van der Waals surface area (Å²) in [5, 5.41) is 3.28. The van der Waals surface area contributed by atoms with Crippen molar-refractivity contribution >= 4 is 32.3 Å². The lowest BCUT2D eigenvalue weighted by molar-refractivity contribution is 0.601. The van der Waals surface area contributed by atoms with Crippen molar-refractivity contribution in [1.82, 2.24) is 9.97 Å². The van der Waals surface area contributed by atoms with Crippen LogP contribution in [0.3, 0.4) is 0 Å². The molecule has 0 fully saturated rings. The van der Waals surface area contributed by atoms with E-state index in [1.807, 2.05) is 13.8 Å². The summed E-state index contributed by atoms with van der Waals surface area (Å²) in [6.45, 7) is 4.34. The Hall–Kier alpha value is -1.67. The first-order valence-corrected chi connectivity index (χ1v) is 7.97. The summed E-state index contributed by atoms with van der Waals surface area (Å²) in [4.78, 5) is 9.08. The largest absolute Gasteiger partial charge is 0.369 e. The number of aromatic nitrogens is 2. The number of hydrogen-bond acceptors (Lipinski definition) is 6. The highest BCUT2D eigenvalue weighted by atomic mass is 32.2. The molecular formula is C11H14N4O2S2. The van der Waals surface area contributed by atoms with Crippen molar-refractivity contribution in [2.24, 2.45) is 0 Å². The van der Waals surface area contributed by atoms with E-state index < -0.39 is 10.0 Å². The van der Waals surface area contributed by atoms with Crippen LogP contribution >= 0.6 is 11.3 Å². The summed E-state index contributed by atoms with van der Waals surface area (Å²) < 4.78 is 27.0. The Kier molecular flexibility index (Phi) is 4.01. The number of nitrogens with one attached hydrogen (secondary N) is 2. The van der Waals surface area contributed by atoms with Gasteiger partial charge < -0.3 is 5.32 Å². The monoisotopic (exact) mass is 298 g/mol. The van der Waals surface area contributed by atoms with Crippen LogP contribution < -0.4 is 10.0 Å². The third kappa shape index (κ3) is 3.21. The fourth-order valence-corrected chi connectivity index (χ4v) is 3.52. The molecule has 0 radical (unpaired) electrons. The molecule has 0 aliphatic heterocycles. The first-order valence-electron chi connectivity index (χ1n) is 5.67. The standard InChI is InChI=1S/C11H14N4O2S2/c1-3-12-10-9(5-4-6-13-10)19(16,17)15-11-14-7-8(2)18-11/h4-7H,3H2,1-2H3,(H,12,13)(H,14,15). The number of nitrogens with zero attached hydrogens (tertiary/aromatic N) is 2. The molecule has 2 aromatic heterocycles. The van der Waals surface area contributed by atoms with Gasteiger partial charge >= 0.3 is 0 Å². The average molecular weight is 298 g/mol. The SMILES string of the molecule is CCNc1ncccc1S(=O)(=O)Nc1ncc(C)s1. The van der Waals surface area contributed by atoms with E-state index in [0.29, 0.717) is 17.5 Å². The minimum absolute atomic E-state index is 0.115. The lowest BCUT2D eigenvalue weighted by Gasteiger charge is -2.10. The maximum Gasteiger partial charge on any atom is 0.267 e. The van der Waals surface area contributed by atoms with Crippen molar-refractivity contribution in [1.29, 1.82) is 0 Å². The lowest BCUT2D eigenvalue weighted by atomic mass is 10.4. The van der Waals surface area contributed by atoms with Gasteiger partial charge in [0.15, 0.2) is 5.13 Å². The maximum atomic E-state index is 12.3. The van der Waals surface area contributed by atoms with Gasteiger partial charge in [0, 0.05) is 23.8 Å². The number of aryl methyl sites for hydroxylation is 1. The van der Waals surface area contributed by atoms with E-state index in [-0.39, 0.29) is 4.90 Å². The van der Waals surface area contributed by atoms with E-state index in [2.05, 4.69) is 20.0 Å². The van der Waals surface area contributed by atoms with Gasteiger partial charge in [0.05, 0.1) is 0 Å². The minimum atomic E-state index is -3.68. The highest BCUT2D eigenvalue weighted by Gasteiger charge is 2.20. The predicted molar refractivity (Wildman–Crippen MR) is 76.1 cm³/mol. The Morgan fingerprint density at radius 3 is 2.79 bits per heavy atom. The molecule has 8 heteroatoms. The normalized spacial score (nSPS) is 11.3. The van der Waals surface area contributed by atoms with E-state index in [0.717, 1.165) is 4.88 Å². The third-order valence-corrected chi connectivity index (χ3v) is 4.58. The maximum absolute atomic E-state index is 12.3. The molecule has 2 heterocycles. The second kappa shape index (κ2) is 5.54. The third-order valence-electron chi connectivity index (χ3n) is 2.25. The number of pyridine rings is 1. The summed E-state index contributed by atoms with van der Waals surface area (Å²) in [7, 11) is -3.68. The Balaban J connectivity index is 2.34. The number of thiazole rings is 1. The quantitative estimate of drug-likeness (QED) is 0.883. The van der Waals surface area contributed by atoms with Crippen LogP contribution in [0.25, 0.3) is 0 Å². The molecular weight excluding hydrogens is 284 g/mol. The fourth-order valence-electron chi connectivity index (χ4n) is 1.48. The lowest BCUT2D eigenvalue weighted by Crippen LogP contribution is -2.16. The van der Waals surface area contributed by atoms with E-state index in [1.165, 1.54) is 17.4 Å². The zero-order valence-corrected chi connectivity index (χ0v) is 12.2. The molecule has 2 aromatic rings. The molecule has 0 saturated carbocycles. The van der Waals surface area contributed by atoms with Gasteiger partial charge in [-0.2, -0.15) is 0 Å². The molecule has 0 saturated heterocycles. The molecule has 6 nitrogen and oxygen atoms in total. The highest BCUT2D eigenvalue weighted by Crippen LogP contribution is 2.24. The van der Waals surface area contributed by atoms with Crippen LogP contribution in [0, 0.1) is 6.92 Å². The van der Waals surface area contributed by atoms with Crippen LogP contribution in [0.4, 0.5) is 10.9 Å². The van der Waals surface area contributed by atoms with Crippen molar-refractivity contribution in [2.45, 2.75) is 18.7 Å². The van der Waals surface area contributed by atoms with Gasteiger partial charge in [-0.1, -0.05) is 0 Å². The van der Waals surface area contributed by atoms with E-state index in [4.69, 9.17) is 0 Å². The molecule has 0 aromatic carbocycles. The Morgan fingerprint density at radius 2 is 2.16 bits per heavy atom. The zero-order valence-electron chi connectivity index (χ0n) is 10.5. The molecule has 0 unspecified atom stereocenters. The molecule has 0 amide bonds. The Morgan fingerprint density at radius 1 is 1.37 bits per heavy atom. The summed E-state index contributed by atoms with van der Waals surface area (Å²) >= 11 is 1.29. The van der Waals surface area contributed by atoms with Crippen molar-refractivity contribution in [3.05, 3.63) is 29.4 Å². The van der Waals surface area contributed by atoms with Gasteiger partial charge in [-0.25, -0.2) is 18.4 Å².